The van der Waals surface area contributed by atoms with Crippen molar-refractivity contribution >= 4 is 11.0 Å². The van der Waals surface area contributed by atoms with Crippen LogP contribution in [0.1, 0.15) is 30.7 Å². The first kappa shape index (κ1) is 12.9. The second-order valence-corrected chi connectivity index (χ2v) is 5.00. The van der Waals surface area contributed by atoms with Gasteiger partial charge in [0.05, 0.1) is 6.54 Å². The SMILES string of the molecule is CCC(NCc1cc2ccccc2o1)c1ccccc1. The van der Waals surface area contributed by atoms with Crippen molar-refractivity contribution in [1.82, 2.24) is 5.32 Å². The summed E-state index contributed by atoms with van der Waals surface area (Å²) in [5.74, 6) is 0.987. The van der Waals surface area contributed by atoms with E-state index in [2.05, 4.69) is 54.7 Å². The highest BCUT2D eigenvalue weighted by Crippen LogP contribution is 2.21. The molecular weight excluding hydrogens is 246 g/mol. The summed E-state index contributed by atoms with van der Waals surface area (Å²) in [7, 11) is 0. The molecule has 1 atom stereocenters. The fraction of sp³-hybridized carbons (Fsp3) is 0.222. The Morgan fingerprint density at radius 2 is 1.75 bits per heavy atom. The number of fused-ring (bicyclic) bond motifs is 1. The highest BCUT2D eigenvalue weighted by Gasteiger charge is 2.09. The van der Waals surface area contributed by atoms with E-state index in [1.165, 1.54) is 5.56 Å². The van der Waals surface area contributed by atoms with Gasteiger partial charge in [-0.05, 0) is 24.1 Å². The van der Waals surface area contributed by atoms with E-state index in [0.29, 0.717) is 6.04 Å². The van der Waals surface area contributed by atoms with E-state index >= 15 is 0 Å². The van der Waals surface area contributed by atoms with E-state index < -0.39 is 0 Å². The lowest BCUT2D eigenvalue weighted by molar-refractivity contribution is 0.459. The van der Waals surface area contributed by atoms with Gasteiger partial charge in [0, 0.05) is 11.4 Å². The highest BCUT2D eigenvalue weighted by atomic mass is 16.3. The average Bonchev–Trinajstić information content (AvgIpc) is 2.92. The topological polar surface area (TPSA) is 25.2 Å². The highest BCUT2D eigenvalue weighted by molar-refractivity contribution is 5.77. The first-order chi connectivity index (χ1) is 9.86. The molecule has 0 amide bonds. The minimum Gasteiger partial charge on any atom is -0.460 e. The molecule has 1 N–H and O–H groups in total. The summed E-state index contributed by atoms with van der Waals surface area (Å²) in [5.41, 5.74) is 2.28. The Bertz CT molecular complexity index is 639. The molecule has 1 unspecified atom stereocenters. The summed E-state index contributed by atoms with van der Waals surface area (Å²) >= 11 is 0. The molecule has 1 aromatic heterocycles. The minimum atomic E-state index is 0.365. The molecule has 0 aliphatic heterocycles. The number of rotatable bonds is 5. The van der Waals surface area contributed by atoms with Crippen LogP contribution in [0.2, 0.25) is 0 Å². The van der Waals surface area contributed by atoms with Crippen molar-refractivity contribution < 1.29 is 4.42 Å². The van der Waals surface area contributed by atoms with Crippen molar-refractivity contribution in [3.8, 4) is 0 Å². The molecule has 2 heteroatoms. The van der Waals surface area contributed by atoms with E-state index in [-0.39, 0.29) is 0 Å². The zero-order valence-electron chi connectivity index (χ0n) is 11.7. The van der Waals surface area contributed by atoms with Gasteiger partial charge in [-0.1, -0.05) is 55.5 Å². The Morgan fingerprint density at radius 1 is 1.00 bits per heavy atom. The summed E-state index contributed by atoms with van der Waals surface area (Å²) in [5, 5.41) is 4.73. The van der Waals surface area contributed by atoms with Crippen molar-refractivity contribution in [2.45, 2.75) is 25.9 Å². The summed E-state index contributed by atoms with van der Waals surface area (Å²) < 4.78 is 5.84. The van der Waals surface area contributed by atoms with Crippen LogP contribution in [0.4, 0.5) is 0 Å². The molecule has 2 aromatic carbocycles. The van der Waals surface area contributed by atoms with E-state index in [9.17, 15) is 0 Å². The number of nitrogens with one attached hydrogen (secondary N) is 1. The van der Waals surface area contributed by atoms with E-state index in [0.717, 1.165) is 29.7 Å². The maximum atomic E-state index is 5.84. The van der Waals surface area contributed by atoms with Gasteiger partial charge in [0.15, 0.2) is 0 Å². The molecule has 0 aliphatic carbocycles. The summed E-state index contributed by atoms with van der Waals surface area (Å²) in [6.07, 6.45) is 1.06. The van der Waals surface area contributed by atoms with Crippen LogP contribution in [0.3, 0.4) is 0 Å². The molecule has 3 rings (SSSR count). The lowest BCUT2D eigenvalue weighted by Crippen LogP contribution is -2.19. The Labute approximate surface area is 119 Å². The molecule has 0 radical (unpaired) electrons. The molecule has 0 aliphatic rings. The lowest BCUT2D eigenvalue weighted by atomic mass is 10.0. The zero-order chi connectivity index (χ0) is 13.8. The zero-order valence-corrected chi connectivity index (χ0v) is 11.7. The Morgan fingerprint density at radius 3 is 2.50 bits per heavy atom. The first-order valence-electron chi connectivity index (χ1n) is 7.12. The van der Waals surface area contributed by atoms with E-state index in [1.807, 2.05) is 18.2 Å². The number of furan rings is 1. The number of hydrogen-bond acceptors (Lipinski definition) is 2. The van der Waals surface area contributed by atoms with Gasteiger partial charge in [0.1, 0.15) is 11.3 Å². The van der Waals surface area contributed by atoms with Gasteiger partial charge in [-0.15, -0.1) is 0 Å². The van der Waals surface area contributed by atoms with Gasteiger partial charge < -0.3 is 9.73 Å². The smallest absolute Gasteiger partial charge is 0.134 e. The lowest BCUT2D eigenvalue weighted by Gasteiger charge is -2.16. The summed E-state index contributed by atoms with van der Waals surface area (Å²) in [6.45, 7) is 2.95. The molecule has 0 saturated heterocycles. The first-order valence-corrected chi connectivity index (χ1v) is 7.12. The van der Waals surface area contributed by atoms with Crippen LogP contribution in [-0.4, -0.2) is 0 Å². The second kappa shape index (κ2) is 5.93. The number of benzene rings is 2. The maximum absolute atomic E-state index is 5.84. The second-order valence-electron chi connectivity index (χ2n) is 5.00. The Hall–Kier alpha value is -2.06. The van der Waals surface area contributed by atoms with Crippen molar-refractivity contribution in [1.29, 1.82) is 0 Å². The van der Waals surface area contributed by atoms with Gasteiger partial charge >= 0.3 is 0 Å². The molecular formula is C18H19NO. The minimum absolute atomic E-state index is 0.365. The average molecular weight is 265 g/mol. The molecule has 3 aromatic rings. The standard InChI is InChI=1S/C18H19NO/c1-2-17(14-8-4-3-5-9-14)19-13-16-12-15-10-6-7-11-18(15)20-16/h3-12,17,19H,2,13H2,1H3. The third-order valence-electron chi connectivity index (χ3n) is 3.61. The predicted octanol–water partition coefficient (Wildman–Crippen LogP) is 4.67. The third kappa shape index (κ3) is 2.75. The number of hydrogen-bond donors (Lipinski definition) is 1. The van der Waals surface area contributed by atoms with Crippen LogP contribution in [0.15, 0.2) is 65.1 Å². The summed E-state index contributed by atoms with van der Waals surface area (Å²) in [4.78, 5) is 0. The van der Waals surface area contributed by atoms with Crippen LogP contribution >= 0.6 is 0 Å². The molecule has 0 saturated carbocycles. The Kier molecular flexibility index (Phi) is 3.84. The third-order valence-corrected chi connectivity index (χ3v) is 3.61. The normalized spacial score (nSPS) is 12.7. The van der Waals surface area contributed by atoms with Crippen molar-refractivity contribution in [3.63, 3.8) is 0 Å². The summed E-state index contributed by atoms with van der Waals surface area (Å²) in [6, 6.07) is 21.2. The van der Waals surface area contributed by atoms with E-state index in [4.69, 9.17) is 4.42 Å². The predicted molar refractivity (Wildman–Crippen MR) is 82.5 cm³/mol. The van der Waals surface area contributed by atoms with Crippen molar-refractivity contribution in [2.24, 2.45) is 0 Å². The Balaban J connectivity index is 1.71. The van der Waals surface area contributed by atoms with Crippen LogP contribution in [0, 0.1) is 0 Å². The molecule has 0 bridgehead atoms. The van der Waals surface area contributed by atoms with Gasteiger partial charge in [0.2, 0.25) is 0 Å². The monoisotopic (exact) mass is 265 g/mol. The van der Waals surface area contributed by atoms with Crippen molar-refractivity contribution in [3.05, 3.63) is 72.0 Å². The van der Waals surface area contributed by atoms with Crippen LogP contribution < -0.4 is 5.32 Å². The molecule has 0 spiro atoms. The molecule has 102 valence electrons. The van der Waals surface area contributed by atoms with E-state index in [1.54, 1.807) is 0 Å². The fourth-order valence-electron chi connectivity index (χ4n) is 2.53. The molecule has 1 heterocycles. The van der Waals surface area contributed by atoms with Gasteiger partial charge in [0.25, 0.3) is 0 Å². The van der Waals surface area contributed by atoms with Crippen LogP contribution in [0.25, 0.3) is 11.0 Å². The van der Waals surface area contributed by atoms with Gasteiger partial charge in [-0.2, -0.15) is 0 Å². The molecule has 2 nitrogen and oxygen atoms in total. The van der Waals surface area contributed by atoms with Gasteiger partial charge in [-0.3, -0.25) is 0 Å². The maximum Gasteiger partial charge on any atom is 0.134 e. The van der Waals surface area contributed by atoms with Crippen LogP contribution in [0.5, 0.6) is 0 Å². The largest absolute Gasteiger partial charge is 0.460 e. The quantitative estimate of drug-likeness (QED) is 0.725. The molecule has 20 heavy (non-hydrogen) atoms. The number of para-hydroxylation sites is 1. The van der Waals surface area contributed by atoms with Crippen molar-refractivity contribution in [2.75, 3.05) is 0 Å². The van der Waals surface area contributed by atoms with Crippen LogP contribution in [-0.2, 0) is 6.54 Å². The van der Waals surface area contributed by atoms with Gasteiger partial charge in [-0.25, -0.2) is 0 Å². The fourth-order valence-corrected chi connectivity index (χ4v) is 2.53. The molecule has 0 fully saturated rings.